The van der Waals surface area contributed by atoms with Gasteiger partial charge in [0, 0.05) is 12.5 Å². The van der Waals surface area contributed by atoms with Gasteiger partial charge in [0.15, 0.2) is 11.6 Å². The fraction of sp³-hybridized carbons (Fsp3) is 0.286. The van der Waals surface area contributed by atoms with E-state index in [4.69, 9.17) is 9.15 Å². The van der Waals surface area contributed by atoms with Crippen LogP contribution in [0.15, 0.2) is 22.6 Å². The highest BCUT2D eigenvalue weighted by Crippen LogP contribution is 2.32. The summed E-state index contributed by atoms with van der Waals surface area (Å²) in [6, 6.07) is 3.87. The van der Waals surface area contributed by atoms with Gasteiger partial charge in [0.05, 0.1) is 6.04 Å². The van der Waals surface area contributed by atoms with E-state index in [0.29, 0.717) is 23.0 Å². The number of benzene rings is 1. The zero-order valence-corrected chi connectivity index (χ0v) is 11.1. The summed E-state index contributed by atoms with van der Waals surface area (Å²) >= 11 is 0. The molecule has 5 nitrogen and oxygen atoms in total. The number of hydrogen-bond donors (Lipinski definition) is 1. The van der Waals surface area contributed by atoms with Crippen LogP contribution >= 0.6 is 0 Å². The molecule has 1 atom stereocenters. The molecule has 1 unspecified atom stereocenters. The molecular weight excluding hydrogens is 263 g/mol. The van der Waals surface area contributed by atoms with Gasteiger partial charge in [0.25, 0.3) is 5.91 Å². The first kappa shape index (κ1) is 12.7. The smallest absolute Gasteiger partial charge is 0.274 e. The first-order valence-electron chi connectivity index (χ1n) is 6.21. The van der Waals surface area contributed by atoms with Crippen molar-refractivity contribution in [3.63, 3.8) is 0 Å². The molecule has 0 fully saturated rings. The first-order valence-corrected chi connectivity index (χ1v) is 6.21. The van der Waals surface area contributed by atoms with Crippen LogP contribution in [0.3, 0.4) is 0 Å². The lowest BCUT2D eigenvalue weighted by Crippen LogP contribution is -2.30. The molecule has 1 N–H and O–H groups in total. The maximum Gasteiger partial charge on any atom is 0.274 e. The van der Waals surface area contributed by atoms with Crippen LogP contribution < -0.4 is 10.1 Å². The Hall–Kier alpha value is -2.37. The minimum atomic E-state index is -0.385. The van der Waals surface area contributed by atoms with Gasteiger partial charge in [-0.3, -0.25) is 4.79 Å². The van der Waals surface area contributed by atoms with Crippen LogP contribution in [-0.4, -0.2) is 17.5 Å². The molecule has 3 rings (SSSR count). The fourth-order valence-electron chi connectivity index (χ4n) is 2.27. The van der Waals surface area contributed by atoms with Crippen molar-refractivity contribution in [2.75, 3.05) is 6.61 Å². The van der Waals surface area contributed by atoms with Gasteiger partial charge < -0.3 is 14.5 Å². The van der Waals surface area contributed by atoms with E-state index >= 15 is 0 Å². The topological polar surface area (TPSA) is 64.4 Å². The number of aromatic nitrogens is 1. The maximum atomic E-state index is 13.3. The lowest BCUT2D eigenvalue weighted by atomic mass is 10.1. The predicted octanol–water partition coefficient (Wildman–Crippen LogP) is 2.29. The van der Waals surface area contributed by atoms with E-state index in [2.05, 4.69) is 10.3 Å². The van der Waals surface area contributed by atoms with Crippen molar-refractivity contribution < 1.29 is 18.3 Å². The van der Waals surface area contributed by atoms with Gasteiger partial charge in [-0.2, -0.15) is 0 Å². The first-order chi connectivity index (χ1) is 9.54. The third-order valence-electron chi connectivity index (χ3n) is 3.18. The van der Waals surface area contributed by atoms with E-state index in [0.717, 1.165) is 0 Å². The van der Waals surface area contributed by atoms with Gasteiger partial charge in [-0.1, -0.05) is 0 Å². The second-order valence-corrected chi connectivity index (χ2v) is 4.66. The Kier molecular flexibility index (Phi) is 2.93. The molecule has 1 aromatic heterocycles. The Labute approximate surface area is 114 Å². The molecule has 0 saturated heterocycles. The van der Waals surface area contributed by atoms with Crippen molar-refractivity contribution in [3.05, 3.63) is 46.9 Å². The number of fused-ring (bicyclic) bond motifs is 1. The number of oxazole rings is 1. The number of carbonyl (C=O) groups is 1. The zero-order chi connectivity index (χ0) is 14.3. The minimum absolute atomic E-state index is 0.243. The molecule has 6 heteroatoms. The average molecular weight is 276 g/mol. The average Bonchev–Trinajstić information content (AvgIpc) is 2.93. The molecule has 2 heterocycles. The van der Waals surface area contributed by atoms with Crippen LogP contribution in [0.4, 0.5) is 4.39 Å². The molecule has 0 aliphatic carbocycles. The Morgan fingerprint density at radius 3 is 2.95 bits per heavy atom. The van der Waals surface area contributed by atoms with Crippen LogP contribution in [0.2, 0.25) is 0 Å². The van der Waals surface area contributed by atoms with Gasteiger partial charge in [-0.15, -0.1) is 0 Å². The largest absolute Gasteiger partial charge is 0.491 e. The second kappa shape index (κ2) is 4.63. The monoisotopic (exact) mass is 276 g/mol. The summed E-state index contributed by atoms with van der Waals surface area (Å²) in [6.45, 7) is 3.63. The fourth-order valence-corrected chi connectivity index (χ4v) is 2.27. The van der Waals surface area contributed by atoms with E-state index in [-0.39, 0.29) is 30.1 Å². The quantitative estimate of drug-likeness (QED) is 0.914. The third kappa shape index (κ3) is 2.13. The van der Waals surface area contributed by atoms with E-state index in [1.54, 1.807) is 19.9 Å². The Bertz CT molecular complexity index is 681. The van der Waals surface area contributed by atoms with Gasteiger partial charge in [0.2, 0.25) is 0 Å². The highest BCUT2D eigenvalue weighted by Gasteiger charge is 2.28. The van der Waals surface area contributed by atoms with E-state index in [1.165, 1.54) is 12.1 Å². The van der Waals surface area contributed by atoms with Crippen LogP contribution in [0.5, 0.6) is 5.75 Å². The minimum Gasteiger partial charge on any atom is -0.491 e. The van der Waals surface area contributed by atoms with Gasteiger partial charge in [-0.05, 0) is 25.1 Å². The zero-order valence-electron chi connectivity index (χ0n) is 11.1. The number of rotatable bonds is 2. The summed E-state index contributed by atoms with van der Waals surface area (Å²) in [4.78, 5) is 16.2. The molecule has 1 aliphatic heterocycles. The molecule has 1 aromatic carbocycles. The number of halogens is 1. The van der Waals surface area contributed by atoms with E-state index in [1.807, 2.05) is 0 Å². The molecule has 0 spiro atoms. The molecule has 1 aliphatic rings. The normalized spacial score (nSPS) is 16.6. The molecule has 0 saturated carbocycles. The number of carbonyl (C=O) groups excluding carboxylic acids is 1. The highest BCUT2D eigenvalue weighted by molar-refractivity contribution is 5.93. The Morgan fingerprint density at radius 2 is 2.25 bits per heavy atom. The summed E-state index contributed by atoms with van der Waals surface area (Å²) in [6.07, 6.45) is 0. The molecule has 1 amide bonds. The second-order valence-electron chi connectivity index (χ2n) is 4.66. The molecule has 0 radical (unpaired) electrons. The number of ether oxygens (including phenoxy) is 1. The van der Waals surface area contributed by atoms with Crippen LogP contribution in [-0.2, 0) is 0 Å². The Morgan fingerprint density at radius 1 is 1.45 bits per heavy atom. The lowest BCUT2D eigenvalue weighted by Gasteiger charge is -2.10. The number of nitrogens with one attached hydrogen (secondary N) is 1. The van der Waals surface area contributed by atoms with Crippen molar-refractivity contribution >= 4 is 5.91 Å². The van der Waals surface area contributed by atoms with Crippen molar-refractivity contribution in [2.24, 2.45) is 0 Å². The molecule has 0 bridgehead atoms. The number of hydrogen-bond acceptors (Lipinski definition) is 4. The van der Waals surface area contributed by atoms with Crippen molar-refractivity contribution in [1.29, 1.82) is 0 Å². The maximum absolute atomic E-state index is 13.3. The van der Waals surface area contributed by atoms with Crippen molar-refractivity contribution in [2.45, 2.75) is 19.9 Å². The number of amides is 1. The number of nitrogens with zero attached hydrogens (tertiary/aromatic N) is 1. The van der Waals surface area contributed by atoms with Crippen LogP contribution in [0.1, 0.15) is 33.7 Å². The summed E-state index contributed by atoms with van der Waals surface area (Å²) in [5.41, 5.74) is 0.878. The summed E-state index contributed by atoms with van der Waals surface area (Å²) in [7, 11) is 0. The highest BCUT2D eigenvalue weighted by atomic mass is 19.1. The van der Waals surface area contributed by atoms with E-state index < -0.39 is 0 Å². The molecule has 104 valence electrons. The van der Waals surface area contributed by atoms with Crippen LogP contribution in [0, 0.1) is 19.7 Å². The lowest BCUT2D eigenvalue weighted by molar-refractivity contribution is 0.0924. The van der Waals surface area contributed by atoms with Gasteiger partial charge >= 0.3 is 0 Å². The Balaban J connectivity index is 1.82. The van der Waals surface area contributed by atoms with Gasteiger partial charge in [-0.25, -0.2) is 9.37 Å². The third-order valence-corrected chi connectivity index (χ3v) is 3.18. The summed E-state index contributed by atoms with van der Waals surface area (Å²) in [5, 5.41) is 2.78. The van der Waals surface area contributed by atoms with Crippen LogP contribution in [0.25, 0.3) is 0 Å². The van der Waals surface area contributed by atoms with Gasteiger partial charge in [0.1, 0.15) is 23.9 Å². The SMILES string of the molecule is Cc1nc(C(=O)NC2COc3ccc(F)cc32)c(C)o1. The standard InChI is InChI=1S/C14H13FN2O3/c1-7-13(16-8(2)20-7)14(18)17-11-6-19-12-4-3-9(15)5-10(11)12/h3-5,11H,6H2,1-2H3,(H,17,18). The molecule has 2 aromatic rings. The van der Waals surface area contributed by atoms with E-state index in [9.17, 15) is 9.18 Å². The van der Waals surface area contributed by atoms with Crippen molar-refractivity contribution in [3.8, 4) is 5.75 Å². The summed E-state index contributed by atoms with van der Waals surface area (Å²) < 4.78 is 23.9. The molecule has 20 heavy (non-hydrogen) atoms. The summed E-state index contributed by atoms with van der Waals surface area (Å²) in [5.74, 6) is 0.761. The number of aryl methyl sites for hydroxylation is 2. The predicted molar refractivity (Wildman–Crippen MR) is 68.1 cm³/mol. The molecular formula is C14H13FN2O3. The van der Waals surface area contributed by atoms with Crippen molar-refractivity contribution in [1.82, 2.24) is 10.3 Å².